The van der Waals surface area contributed by atoms with Crippen LogP contribution in [0.15, 0.2) is 0 Å². The maximum atomic E-state index is 12.6. The molecular weight excluding hydrogens is 380 g/mol. The molecule has 0 bridgehead atoms. The highest BCUT2D eigenvalue weighted by molar-refractivity contribution is 5.94. The highest BCUT2D eigenvalue weighted by atomic mass is 16.6. The molecule has 2 fully saturated rings. The highest BCUT2D eigenvalue weighted by Gasteiger charge is 2.42. The van der Waals surface area contributed by atoms with Crippen LogP contribution in [0.2, 0.25) is 0 Å². The summed E-state index contributed by atoms with van der Waals surface area (Å²) in [5, 5.41) is 0. The normalized spacial score (nSPS) is 22.4. The molecule has 2 aliphatic rings. The van der Waals surface area contributed by atoms with Crippen molar-refractivity contribution in [3.05, 3.63) is 0 Å². The summed E-state index contributed by atoms with van der Waals surface area (Å²) in [6.07, 6.45) is 0.792. The number of ether oxygens (including phenoxy) is 3. The van der Waals surface area contributed by atoms with Crippen molar-refractivity contribution in [3.8, 4) is 0 Å². The molecule has 0 aliphatic carbocycles. The summed E-state index contributed by atoms with van der Waals surface area (Å²) in [4.78, 5) is 52.4. The van der Waals surface area contributed by atoms with Gasteiger partial charge in [-0.3, -0.25) is 9.80 Å². The Morgan fingerprint density at radius 2 is 1.03 bits per heavy atom. The summed E-state index contributed by atoms with van der Waals surface area (Å²) in [7, 11) is 0. The Morgan fingerprint density at radius 3 is 1.34 bits per heavy atom. The van der Waals surface area contributed by atoms with Gasteiger partial charge in [0.05, 0.1) is 0 Å². The molecule has 0 N–H and O–H groups in total. The lowest BCUT2D eigenvalue weighted by Gasteiger charge is -2.29. The molecule has 0 spiro atoms. The van der Waals surface area contributed by atoms with E-state index in [0.29, 0.717) is 38.8 Å². The Morgan fingerprint density at radius 1 is 0.690 bits per heavy atom. The summed E-state index contributed by atoms with van der Waals surface area (Å²) in [5.74, 6) is -1.59. The van der Waals surface area contributed by atoms with E-state index in [-0.39, 0.29) is 0 Å². The average Bonchev–Trinajstić information content (AvgIpc) is 3.21. The van der Waals surface area contributed by atoms with E-state index in [1.807, 2.05) is 0 Å². The number of carbonyl (C=O) groups is 4. The van der Waals surface area contributed by atoms with E-state index in [1.165, 1.54) is 9.80 Å². The van der Waals surface area contributed by atoms with Gasteiger partial charge in [0.2, 0.25) is 0 Å². The number of hydrogen-bond donors (Lipinski definition) is 0. The van der Waals surface area contributed by atoms with Crippen LogP contribution in [0, 0.1) is 0 Å². The van der Waals surface area contributed by atoms with Crippen molar-refractivity contribution in [2.75, 3.05) is 13.1 Å². The quantitative estimate of drug-likeness (QED) is 0.390. The molecule has 0 aromatic heterocycles. The second-order valence-electron chi connectivity index (χ2n) is 9.40. The number of hydrogen-bond acceptors (Lipinski definition) is 7. The number of esters is 2. The molecular formula is C20H32N2O7. The van der Waals surface area contributed by atoms with Gasteiger partial charge in [0.25, 0.3) is 0 Å². The lowest BCUT2D eigenvalue weighted by Crippen LogP contribution is -2.47. The van der Waals surface area contributed by atoms with Crippen molar-refractivity contribution in [1.29, 1.82) is 0 Å². The monoisotopic (exact) mass is 412 g/mol. The molecule has 2 atom stereocenters. The van der Waals surface area contributed by atoms with Crippen molar-refractivity contribution in [1.82, 2.24) is 9.80 Å². The SMILES string of the molecule is CC(C)(C)OC(=O)N1CCC[C@H]1C(=O)OC(=O)[C@@H]1CCCN1C(=O)OC(C)(C)C. The van der Waals surface area contributed by atoms with Gasteiger partial charge in [0.1, 0.15) is 23.3 Å². The zero-order valence-corrected chi connectivity index (χ0v) is 18.1. The Hall–Kier alpha value is -2.32. The third kappa shape index (κ3) is 6.33. The molecule has 9 nitrogen and oxygen atoms in total. The number of carbonyl (C=O) groups excluding carboxylic acids is 4. The first kappa shape index (κ1) is 23.0. The van der Waals surface area contributed by atoms with Gasteiger partial charge in [-0.25, -0.2) is 19.2 Å². The molecule has 2 heterocycles. The number of rotatable bonds is 2. The van der Waals surface area contributed by atoms with E-state index in [4.69, 9.17) is 14.2 Å². The Bertz CT molecular complexity index is 607. The lowest BCUT2D eigenvalue weighted by atomic mass is 10.2. The van der Waals surface area contributed by atoms with E-state index < -0.39 is 47.4 Å². The summed E-state index contributed by atoms with van der Waals surface area (Å²) in [6.45, 7) is 11.2. The lowest BCUT2D eigenvalue weighted by molar-refractivity contribution is -0.165. The largest absolute Gasteiger partial charge is 0.444 e. The molecule has 0 unspecified atom stereocenters. The van der Waals surface area contributed by atoms with Crippen LogP contribution >= 0.6 is 0 Å². The molecule has 9 heteroatoms. The van der Waals surface area contributed by atoms with E-state index in [9.17, 15) is 19.2 Å². The van der Waals surface area contributed by atoms with Crippen molar-refractivity contribution < 1.29 is 33.4 Å². The van der Waals surface area contributed by atoms with Crippen LogP contribution in [0.25, 0.3) is 0 Å². The molecule has 0 saturated carbocycles. The Kier molecular flexibility index (Phi) is 6.80. The fourth-order valence-electron chi connectivity index (χ4n) is 3.34. The molecule has 0 radical (unpaired) electrons. The van der Waals surface area contributed by atoms with Crippen molar-refractivity contribution in [2.24, 2.45) is 0 Å². The van der Waals surface area contributed by atoms with Crippen molar-refractivity contribution >= 4 is 24.1 Å². The second-order valence-corrected chi connectivity index (χ2v) is 9.40. The van der Waals surface area contributed by atoms with Gasteiger partial charge in [-0.05, 0) is 67.2 Å². The third-order valence-corrected chi connectivity index (χ3v) is 4.51. The first-order chi connectivity index (χ1) is 13.3. The third-order valence-electron chi connectivity index (χ3n) is 4.51. The molecule has 2 aliphatic heterocycles. The van der Waals surface area contributed by atoms with E-state index in [0.717, 1.165) is 0 Å². The fourth-order valence-corrected chi connectivity index (χ4v) is 3.34. The molecule has 0 aromatic rings. The standard InChI is InChI=1S/C20H32N2O7/c1-19(2,3)28-17(25)21-11-7-9-13(21)15(23)27-16(24)14-10-8-12-22(14)18(26)29-20(4,5)6/h13-14H,7-12H2,1-6H3/t13-,14-/m0/s1. The Labute approximate surface area is 171 Å². The topological polar surface area (TPSA) is 102 Å². The molecule has 2 rings (SSSR count). The van der Waals surface area contributed by atoms with Gasteiger partial charge >= 0.3 is 24.1 Å². The highest BCUT2D eigenvalue weighted by Crippen LogP contribution is 2.25. The van der Waals surface area contributed by atoms with Gasteiger partial charge in [0, 0.05) is 13.1 Å². The minimum Gasteiger partial charge on any atom is -0.444 e. The van der Waals surface area contributed by atoms with E-state index >= 15 is 0 Å². The molecule has 164 valence electrons. The molecule has 0 aromatic carbocycles. The maximum absolute atomic E-state index is 12.6. The summed E-state index contributed by atoms with van der Waals surface area (Å²) >= 11 is 0. The Balaban J connectivity index is 1.99. The van der Waals surface area contributed by atoms with Gasteiger partial charge < -0.3 is 14.2 Å². The predicted octanol–water partition coefficient (Wildman–Crippen LogP) is 2.86. The maximum Gasteiger partial charge on any atom is 0.411 e. The zero-order chi connectivity index (χ0) is 22.0. The number of likely N-dealkylation sites (tertiary alicyclic amines) is 2. The number of amides is 2. The van der Waals surface area contributed by atoms with Crippen LogP contribution in [0.4, 0.5) is 9.59 Å². The second kappa shape index (κ2) is 8.59. The first-order valence-electron chi connectivity index (χ1n) is 10.0. The number of nitrogens with zero attached hydrogens (tertiary/aromatic N) is 2. The molecule has 2 saturated heterocycles. The van der Waals surface area contributed by atoms with Gasteiger partial charge in [-0.1, -0.05) is 0 Å². The van der Waals surface area contributed by atoms with Crippen LogP contribution in [0.3, 0.4) is 0 Å². The minimum atomic E-state index is -0.870. The van der Waals surface area contributed by atoms with Crippen LogP contribution in [-0.4, -0.2) is 70.3 Å². The van der Waals surface area contributed by atoms with E-state index in [1.54, 1.807) is 41.5 Å². The molecule has 29 heavy (non-hydrogen) atoms. The van der Waals surface area contributed by atoms with E-state index in [2.05, 4.69) is 0 Å². The predicted molar refractivity (Wildman–Crippen MR) is 103 cm³/mol. The summed E-state index contributed by atoms with van der Waals surface area (Å²) < 4.78 is 15.7. The summed E-state index contributed by atoms with van der Waals surface area (Å²) in [6, 6.07) is -1.74. The smallest absolute Gasteiger partial charge is 0.411 e. The fraction of sp³-hybridized carbons (Fsp3) is 0.800. The first-order valence-corrected chi connectivity index (χ1v) is 10.0. The van der Waals surface area contributed by atoms with Crippen molar-refractivity contribution in [3.63, 3.8) is 0 Å². The zero-order valence-electron chi connectivity index (χ0n) is 18.1. The van der Waals surface area contributed by atoms with Gasteiger partial charge in [-0.2, -0.15) is 0 Å². The van der Waals surface area contributed by atoms with Gasteiger partial charge in [0.15, 0.2) is 0 Å². The van der Waals surface area contributed by atoms with Crippen LogP contribution in [0.1, 0.15) is 67.2 Å². The minimum absolute atomic E-state index is 0.357. The van der Waals surface area contributed by atoms with Crippen LogP contribution in [-0.2, 0) is 23.8 Å². The molecule has 2 amide bonds. The van der Waals surface area contributed by atoms with Crippen LogP contribution in [0.5, 0.6) is 0 Å². The summed E-state index contributed by atoms with van der Waals surface area (Å²) in [5.41, 5.74) is -1.39. The van der Waals surface area contributed by atoms with Crippen LogP contribution < -0.4 is 0 Å². The average molecular weight is 412 g/mol. The van der Waals surface area contributed by atoms with Crippen molar-refractivity contribution in [2.45, 2.75) is 90.5 Å². The van der Waals surface area contributed by atoms with Gasteiger partial charge in [-0.15, -0.1) is 0 Å².